The highest BCUT2D eigenvalue weighted by atomic mass is 35.5. The van der Waals surface area contributed by atoms with E-state index in [0.29, 0.717) is 53.0 Å². The van der Waals surface area contributed by atoms with Crippen LogP contribution in [0.4, 0.5) is 0 Å². The third-order valence-corrected chi connectivity index (χ3v) is 6.55. The van der Waals surface area contributed by atoms with Gasteiger partial charge in [-0.3, -0.25) is 14.6 Å². The summed E-state index contributed by atoms with van der Waals surface area (Å²) in [5.41, 5.74) is 3.50. The fourth-order valence-corrected chi connectivity index (χ4v) is 4.41. The molecule has 38 heavy (non-hydrogen) atoms. The molecule has 0 saturated heterocycles. The van der Waals surface area contributed by atoms with E-state index in [9.17, 15) is 14.7 Å². The summed E-state index contributed by atoms with van der Waals surface area (Å²) in [6, 6.07) is 17.3. The van der Waals surface area contributed by atoms with E-state index in [-0.39, 0.29) is 17.2 Å². The van der Waals surface area contributed by atoms with E-state index >= 15 is 0 Å². The molecule has 0 amide bonds. The highest BCUT2D eigenvalue weighted by Gasteiger charge is 2.29. The van der Waals surface area contributed by atoms with E-state index in [1.54, 1.807) is 62.0 Å². The average Bonchev–Trinajstić information content (AvgIpc) is 2.94. The van der Waals surface area contributed by atoms with E-state index in [1.165, 1.54) is 0 Å². The van der Waals surface area contributed by atoms with Crippen LogP contribution >= 0.6 is 11.6 Å². The third-order valence-electron chi connectivity index (χ3n) is 6.25. The van der Waals surface area contributed by atoms with Gasteiger partial charge in [0.2, 0.25) is 5.88 Å². The largest absolute Gasteiger partial charge is 0.493 e. The predicted molar refractivity (Wildman–Crippen MR) is 141 cm³/mol. The molecule has 5 rings (SSSR count). The molecule has 2 aromatic carbocycles. The van der Waals surface area contributed by atoms with Crippen LogP contribution in [0.2, 0.25) is 5.02 Å². The Morgan fingerprint density at radius 2 is 1.76 bits per heavy atom. The first-order valence-corrected chi connectivity index (χ1v) is 12.2. The summed E-state index contributed by atoms with van der Waals surface area (Å²) in [4.78, 5) is 33.0. The fourth-order valence-electron chi connectivity index (χ4n) is 4.20. The number of hydrogen-bond acceptors (Lipinski definition) is 7. The van der Waals surface area contributed by atoms with Gasteiger partial charge in [0.1, 0.15) is 17.2 Å². The number of pyridine rings is 2. The molecule has 1 aliphatic rings. The standard InChI is InChI=1S/C29H23ClN2O6/c1-36-28-9-5-19(16-32-28)18-2-6-20(31-15-18)12-25(33)17-3-7-21(8-4-17)38-27-14-26-23(13-24(27)30)22(29(34)35)10-11-37-26/h2-9,13-16,22H,10-12H2,1H3,(H,34,35). The minimum absolute atomic E-state index is 0.0807. The topological polar surface area (TPSA) is 108 Å². The highest BCUT2D eigenvalue weighted by molar-refractivity contribution is 6.32. The second-order valence-corrected chi connectivity index (χ2v) is 9.11. The van der Waals surface area contributed by atoms with Crippen LogP contribution in [0.5, 0.6) is 23.1 Å². The summed E-state index contributed by atoms with van der Waals surface area (Å²) in [5, 5.41) is 9.73. The summed E-state index contributed by atoms with van der Waals surface area (Å²) >= 11 is 6.37. The lowest BCUT2D eigenvalue weighted by atomic mass is 9.93. The number of aromatic nitrogens is 2. The number of Topliss-reactive ketones (excluding diaryl/α,β-unsaturated/α-hetero) is 1. The maximum absolute atomic E-state index is 12.8. The molecule has 192 valence electrons. The molecule has 0 fully saturated rings. The van der Waals surface area contributed by atoms with Gasteiger partial charge in [0, 0.05) is 52.5 Å². The summed E-state index contributed by atoms with van der Waals surface area (Å²) in [6.45, 7) is 0.304. The van der Waals surface area contributed by atoms with Crippen LogP contribution in [0.1, 0.15) is 34.0 Å². The van der Waals surface area contributed by atoms with Gasteiger partial charge in [-0.05, 0) is 48.9 Å². The first-order chi connectivity index (χ1) is 18.4. The van der Waals surface area contributed by atoms with Gasteiger partial charge < -0.3 is 19.3 Å². The second-order valence-electron chi connectivity index (χ2n) is 8.70. The number of ether oxygens (including phenoxy) is 3. The zero-order chi connectivity index (χ0) is 26.6. The molecular formula is C29H23ClN2O6. The van der Waals surface area contributed by atoms with E-state index < -0.39 is 11.9 Å². The Labute approximate surface area is 223 Å². The molecule has 0 radical (unpaired) electrons. The van der Waals surface area contributed by atoms with Crippen molar-refractivity contribution in [2.75, 3.05) is 13.7 Å². The zero-order valence-electron chi connectivity index (χ0n) is 20.4. The minimum Gasteiger partial charge on any atom is -0.493 e. The van der Waals surface area contributed by atoms with Crippen molar-refractivity contribution in [1.82, 2.24) is 9.97 Å². The van der Waals surface area contributed by atoms with Crippen LogP contribution < -0.4 is 14.2 Å². The lowest BCUT2D eigenvalue weighted by Crippen LogP contribution is -2.20. The Morgan fingerprint density at radius 1 is 1.03 bits per heavy atom. The molecular weight excluding hydrogens is 508 g/mol. The van der Waals surface area contributed by atoms with Gasteiger partial charge in [0.25, 0.3) is 0 Å². The summed E-state index contributed by atoms with van der Waals surface area (Å²) < 4.78 is 16.6. The van der Waals surface area contributed by atoms with Crippen molar-refractivity contribution in [3.05, 3.63) is 94.9 Å². The molecule has 9 heteroatoms. The van der Waals surface area contributed by atoms with E-state index in [4.69, 9.17) is 25.8 Å². The molecule has 1 unspecified atom stereocenters. The molecule has 0 bridgehead atoms. The Bertz CT molecular complexity index is 1470. The van der Waals surface area contributed by atoms with Crippen molar-refractivity contribution >= 4 is 23.4 Å². The van der Waals surface area contributed by atoms with E-state index in [0.717, 1.165) is 11.1 Å². The van der Waals surface area contributed by atoms with Crippen molar-refractivity contribution < 1.29 is 28.9 Å². The maximum Gasteiger partial charge on any atom is 0.311 e. The normalized spacial score (nSPS) is 14.2. The smallest absolute Gasteiger partial charge is 0.311 e. The molecule has 3 heterocycles. The highest BCUT2D eigenvalue weighted by Crippen LogP contribution is 2.41. The lowest BCUT2D eigenvalue weighted by Gasteiger charge is -2.24. The first kappa shape index (κ1) is 25.2. The molecule has 8 nitrogen and oxygen atoms in total. The number of carbonyl (C=O) groups excluding carboxylic acids is 1. The second kappa shape index (κ2) is 10.9. The third kappa shape index (κ3) is 5.45. The maximum atomic E-state index is 12.8. The van der Waals surface area contributed by atoms with Crippen molar-refractivity contribution in [3.63, 3.8) is 0 Å². The van der Waals surface area contributed by atoms with E-state index in [2.05, 4.69) is 9.97 Å². The number of ketones is 1. The van der Waals surface area contributed by atoms with Crippen molar-refractivity contribution in [3.8, 4) is 34.3 Å². The predicted octanol–water partition coefficient (Wildman–Crippen LogP) is 5.97. The Kier molecular flexibility index (Phi) is 7.24. The average molecular weight is 531 g/mol. The number of carbonyl (C=O) groups is 2. The molecule has 4 aromatic rings. The Morgan fingerprint density at radius 3 is 2.39 bits per heavy atom. The van der Waals surface area contributed by atoms with Gasteiger partial charge in [0.05, 0.1) is 31.1 Å². The van der Waals surface area contributed by atoms with Gasteiger partial charge in [-0.25, -0.2) is 4.98 Å². The quantitative estimate of drug-likeness (QED) is 0.277. The number of rotatable bonds is 8. The summed E-state index contributed by atoms with van der Waals surface area (Å²) in [7, 11) is 1.56. The zero-order valence-corrected chi connectivity index (χ0v) is 21.1. The van der Waals surface area contributed by atoms with Crippen molar-refractivity contribution in [2.45, 2.75) is 18.8 Å². The van der Waals surface area contributed by atoms with Crippen LogP contribution in [-0.4, -0.2) is 40.5 Å². The fraction of sp³-hybridized carbons (Fsp3) is 0.172. The summed E-state index contributed by atoms with van der Waals surface area (Å²) in [5.74, 6) is 0.130. The van der Waals surface area contributed by atoms with Gasteiger partial charge >= 0.3 is 5.97 Å². The van der Waals surface area contributed by atoms with Crippen LogP contribution in [0, 0.1) is 0 Å². The number of benzene rings is 2. The van der Waals surface area contributed by atoms with Crippen LogP contribution in [0.25, 0.3) is 11.1 Å². The molecule has 1 N–H and O–H groups in total. The van der Waals surface area contributed by atoms with Crippen LogP contribution in [-0.2, 0) is 11.2 Å². The SMILES string of the molecule is COc1ccc(-c2ccc(CC(=O)c3ccc(Oc4cc5c(cc4Cl)C(C(=O)O)CCO5)cc3)nc2)cn1. The number of carboxylic acids is 1. The molecule has 1 aliphatic heterocycles. The molecule has 0 spiro atoms. The van der Waals surface area contributed by atoms with Crippen LogP contribution in [0.3, 0.4) is 0 Å². The molecule has 0 aliphatic carbocycles. The lowest BCUT2D eigenvalue weighted by molar-refractivity contribution is -0.139. The molecule has 2 aromatic heterocycles. The van der Waals surface area contributed by atoms with Crippen LogP contribution in [0.15, 0.2) is 73.1 Å². The number of aliphatic carboxylic acids is 1. The van der Waals surface area contributed by atoms with Gasteiger partial charge in [-0.1, -0.05) is 17.7 Å². The molecule has 1 atom stereocenters. The Hall–Kier alpha value is -4.43. The summed E-state index contributed by atoms with van der Waals surface area (Å²) in [6.07, 6.45) is 3.96. The van der Waals surface area contributed by atoms with Gasteiger partial charge in [0.15, 0.2) is 5.78 Å². The monoisotopic (exact) mass is 530 g/mol. The van der Waals surface area contributed by atoms with Gasteiger partial charge in [-0.2, -0.15) is 0 Å². The Balaban J connectivity index is 1.24. The number of carboxylic acid groups (broad SMARTS) is 1. The van der Waals surface area contributed by atoms with Crippen molar-refractivity contribution in [2.24, 2.45) is 0 Å². The van der Waals surface area contributed by atoms with Gasteiger partial charge in [-0.15, -0.1) is 0 Å². The van der Waals surface area contributed by atoms with Crippen molar-refractivity contribution in [1.29, 1.82) is 0 Å². The number of halogens is 1. The number of nitrogens with zero attached hydrogens (tertiary/aromatic N) is 2. The number of fused-ring (bicyclic) bond motifs is 1. The first-order valence-electron chi connectivity index (χ1n) is 11.9. The number of hydrogen-bond donors (Lipinski definition) is 1. The number of methoxy groups -OCH3 is 1. The van der Waals surface area contributed by atoms with E-state index in [1.807, 2.05) is 18.2 Å². The molecule has 0 saturated carbocycles. The minimum atomic E-state index is -0.916.